The van der Waals surface area contributed by atoms with Crippen molar-refractivity contribution >= 4 is 50.3 Å². The van der Waals surface area contributed by atoms with Crippen LogP contribution in [0.15, 0.2) is 41.3 Å². The van der Waals surface area contributed by atoms with Gasteiger partial charge in [0.1, 0.15) is 11.0 Å². The van der Waals surface area contributed by atoms with E-state index in [4.69, 9.17) is 9.47 Å². The van der Waals surface area contributed by atoms with Crippen LogP contribution in [-0.4, -0.2) is 66.3 Å². The summed E-state index contributed by atoms with van der Waals surface area (Å²) in [4.78, 5) is 24.9. The molecule has 10 nitrogen and oxygen atoms in total. The molecule has 0 radical (unpaired) electrons. The van der Waals surface area contributed by atoms with E-state index < -0.39 is 28.5 Å². The first kappa shape index (κ1) is 22.3. The highest BCUT2D eigenvalue weighted by Gasteiger charge is 2.27. The Bertz CT molecular complexity index is 1270. The van der Waals surface area contributed by atoms with Crippen molar-refractivity contribution in [2.75, 3.05) is 38.2 Å². The van der Waals surface area contributed by atoms with Crippen molar-refractivity contribution in [1.82, 2.24) is 13.1 Å². The monoisotopic (exact) mass is 476 g/mol. The summed E-state index contributed by atoms with van der Waals surface area (Å²) in [6.07, 6.45) is 0. The van der Waals surface area contributed by atoms with Crippen LogP contribution in [0.5, 0.6) is 0 Å². The molecule has 1 saturated heterocycles. The van der Waals surface area contributed by atoms with E-state index >= 15 is 0 Å². The number of fused-ring (bicyclic) bond motifs is 1. The van der Waals surface area contributed by atoms with Gasteiger partial charge in [0, 0.05) is 13.1 Å². The van der Waals surface area contributed by atoms with Crippen LogP contribution in [0.2, 0.25) is 0 Å². The summed E-state index contributed by atoms with van der Waals surface area (Å²) in [5.74, 6) is -1.33. The van der Waals surface area contributed by atoms with E-state index in [0.717, 1.165) is 11.7 Å². The number of morpholine rings is 1. The number of amides is 1. The van der Waals surface area contributed by atoms with E-state index in [-0.39, 0.29) is 23.5 Å². The Kier molecular flexibility index (Phi) is 6.46. The number of aryl methyl sites for hydroxylation is 1. The van der Waals surface area contributed by atoms with Crippen molar-refractivity contribution in [1.29, 1.82) is 0 Å². The van der Waals surface area contributed by atoms with Gasteiger partial charge in [-0.25, -0.2) is 13.2 Å². The quantitative estimate of drug-likeness (QED) is 0.534. The number of nitrogens with one attached hydrogen (secondary N) is 1. The molecule has 2 heterocycles. The number of carbonyl (C=O) groups is 2. The fraction of sp³-hybridized carbons (Fsp3) is 0.300. The number of carbonyl (C=O) groups excluding carboxylic acids is 2. The first-order chi connectivity index (χ1) is 15.4. The van der Waals surface area contributed by atoms with Gasteiger partial charge >= 0.3 is 5.97 Å². The number of sulfonamides is 1. The molecule has 0 spiro atoms. The van der Waals surface area contributed by atoms with Gasteiger partial charge in [0.25, 0.3) is 5.91 Å². The number of aromatic nitrogens is 2. The average molecular weight is 477 g/mol. The van der Waals surface area contributed by atoms with E-state index in [9.17, 15) is 18.0 Å². The Labute approximate surface area is 188 Å². The summed E-state index contributed by atoms with van der Waals surface area (Å²) in [5, 5.41) is 2.64. The molecule has 4 rings (SSSR count). The van der Waals surface area contributed by atoms with Gasteiger partial charge in [-0.3, -0.25) is 4.79 Å². The molecule has 3 aromatic rings. The molecule has 1 aliphatic heterocycles. The Morgan fingerprint density at radius 1 is 1.19 bits per heavy atom. The van der Waals surface area contributed by atoms with Crippen molar-refractivity contribution in [3.8, 4) is 0 Å². The minimum atomic E-state index is -3.77. The molecular weight excluding hydrogens is 456 g/mol. The van der Waals surface area contributed by atoms with Crippen LogP contribution in [0.25, 0.3) is 11.0 Å². The summed E-state index contributed by atoms with van der Waals surface area (Å²) in [7, 11) is -3.77. The molecule has 1 aliphatic rings. The third-order valence-corrected chi connectivity index (χ3v) is 7.37. The van der Waals surface area contributed by atoms with Gasteiger partial charge in [-0.1, -0.05) is 12.1 Å². The summed E-state index contributed by atoms with van der Waals surface area (Å²) in [6, 6.07) is 9.45. The zero-order chi connectivity index (χ0) is 22.7. The number of rotatable bonds is 6. The second kappa shape index (κ2) is 9.28. The predicted octanol–water partition coefficient (Wildman–Crippen LogP) is 1.82. The maximum absolute atomic E-state index is 12.9. The molecule has 0 saturated carbocycles. The fourth-order valence-electron chi connectivity index (χ4n) is 3.22. The molecule has 1 amide bonds. The standard InChI is InChI=1S/C20H20N4O6S2/c1-13-5-6-14(32(27,28)24-7-9-29-10-8-24)11-15(13)20(26)30-12-18(25)21-16-3-2-4-17-19(16)23-31-22-17/h2-6,11H,7-10,12H2,1H3,(H,21,25). The highest BCUT2D eigenvalue weighted by molar-refractivity contribution is 7.89. The molecule has 2 aromatic carbocycles. The largest absolute Gasteiger partial charge is 0.452 e. The Balaban J connectivity index is 1.44. The van der Waals surface area contributed by atoms with E-state index in [0.29, 0.717) is 35.5 Å². The zero-order valence-electron chi connectivity index (χ0n) is 17.1. The minimum Gasteiger partial charge on any atom is -0.452 e. The first-order valence-corrected chi connectivity index (χ1v) is 11.9. The van der Waals surface area contributed by atoms with Crippen molar-refractivity contribution in [2.45, 2.75) is 11.8 Å². The lowest BCUT2D eigenvalue weighted by Crippen LogP contribution is -2.40. The molecule has 12 heteroatoms. The number of hydrogen-bond acceptors (Lipinski definition) is 9. The lowest BCUT2D eigenvalue weighted by molar-refractivity contribution is -0.119. The van der Waals surface area contributed by atoms with Crippen LogP contribution in [0.4, 0.5) is 5.69 Å². The van der Waals surface area contributed by atoms with Crippen LogP contribution in [0, 0.1) is 6.92 Å². The maximum atomic E-state index is 12.9. The highest BCUT2D eigenvalue weighted by atomic mass is 32.2. The Morgan fingerprint density at radius 2 is 1.97 bits per heavy atom. The third-order valence-electron chi connectivity index (χ3n) is 4.93. The fourth-order valence-corrected chi connectivity index (χ4v) is 5.20. The van der Waals surface area contributed by atoms with Gasteiger partial charge < -0.3 is 14.8 Å². The smallest absolute Gasteiger partial charge is 0.338 e. The predicted molar refractivity (Wildman–Crippen MR) is 117 cm³/mol. The normalized spacial score (nSPS) is 14.9. The molecule has 0 bridgehead atoms. The number of hydrogen-bond donors (Lipinski definition) is 1. The summed E-state index contributed by atoms with van der Waals surface area (Å²) in [5.41, 5.74) is 2.28. The Hall–Kier alpha value is -2.93. The van der Waals surface area contributed by atoms with Crippen molar-refractivity contribution in [3.63, 3.8) is 0 Å². The van der Waals surface area contributed by atoms with Crippen LogP contribution in [0.1, 0.15) is 15.9 Å². The van der Waals surface area contributed by atoms with Crippen molar-refractivity contribution < 1.29 is 27.5 Å². The number of anilines is 1. The molecule has 0 atom stereocenters. The average Bonchev–Trinajstić information content (AvgIpc) is 3.28. The van der Waals surface area contributed by atoms with Gasteiger partial charge in [-0.05, 0) is 36.8 Å². The number of ether oxygens (including phenoxy) is 2. The molecule has 0 unspecified atom stereocenters. The SMILES string of the molecule is Cc1ccc(S(=O)(=O)N2CCOCC2)cc1C(=O)OCC(=O)Nc1cccc2nsnc12. The molecule has 1 aromatic heterocycles. The van der Waals surface area contributed by atoms with Crippen molar-refractivity contribution in [3.05, 3.63) is 47.5 Å². The summed E-state index contributed by atoms with van der Waals surface area (Å²) >= 11 is 1.03. The summed E-state index contributed by atoms with van der Waals surface area (Å²) < 4.78 is 45.6. The van der Waals surface area contributed by atoms with E-state index in [1.807, 2.05) is 0 Å². The van der Waals surface area contributed by atoms with Gasteiger partial charge in [0.15, 0.2) is 6.61 Å². The number of benzene rings is 2. The first-order valence-electron chi connectivity index (χ1n) is 9.73. The lowest BCUT2D eigenvalue weighted by Gasteiger charge is -2.26. The lowest BCUT2D eigenvalue weighted by atomic mass is 10.1. The van der Waals surface area contributed by atoms with Gasteiger partial charge in [-0.2, -0.15) is 13.1 Å². The van der Waals surface area contributed by atoms with Crippen LogP contribution >= 0.6 is 11.7 Å². The van der Waals surface area contributed by atoms with E-state index in [2.05, 4.69) is 14.1 Å². The van der Waals surface area contributed by atoms with Gasteiger partial charge in [0.05, 0.1) is 41.1 Å². The van der Waals surface area contributed by atoms with E-state index in [1.54, 1.807) is 31.2 Å². The van der Waals surface area contributed by atoms with Crippen LogP contribution in [-0.2, 0) is 24.3 Å². The molecule has 1 N–H and O–H groups in total. The number of esters is 1. The number of nitrogens with zero attached hydrogens (tertiary/aromatic N) is 3. The van der Waals surface area contributed by atoms with Gasteiger partial charge in [-0.15, -0.1) is 0 Å². The molecular formula is C20H20N4O6S2. The van der Waals surface area contributed by atoms with Crippen molar-refractivity contribution in [2.24, 2.45) is 0 Å². The topological polar surface area (TPSA) is 128 Å². The molecule has 1 fully saturated rings. The summed E-state index contributed by atoms with van der Waals surface area (Å²) in [6.45, 7) is 2.26. The van der Waals surface area contributed by atoms with Crippen LogP contribution in [0.3, 0.4) is 0 Å². The minimum absolute atomic E-state index is 0.0101. The Morgan fingerprint density at radius 3 is 2.75 bits per heavy atom. The maximum Gasteiger partial charge on any atom is 0.338 e. The molecule has 168 valence electrons. The third kappa shape index (κ3) is 4.63. The molecule has 32 heavy (non-hydrogen) atoms. The zero-order valence-corrected chi connectivity index (χ0v) is 18.7. The van der Waals surface area contributed by atoms with Crippen LogP contribution < -0.4 is 5.32 Å². The second-order valence-corrected chi connectivity index (χ2v) is 9.52. The van der Waals surface area contributed by atoms with Gasteiger partial charge in [0.2, 0.25) is 10.0 Å². The highest BCUT2D eigenvalue weighted by Crippen LogP contribution is 2.22. The second-order valence-electron chi connectivity index (χ2n) is 7.06. The van der Waals surface area contributed by atoms with E-state index in [1.165, 1.54) is 16.4 Å². The molecule has 0 aliphatic carbocycles.